The first-order valence-corrected chi connectivity index (χ1v) is 15.4. The molecule has 0 saturated heterocycles. The highest BCUT2D eigenvalue weighted by atomic mass is 31.2. The molecule has 0 saturated carbocycles. The predicted molar refractivity (Wildman–Crippen MR) is 155 cm³/mol. The number of likely N-dealkylation sites (N-methyl/N-ethyl adjacent to an activating group) is 1. The number of phosphoric acid groups is 1. The van der Waals surface area contributed by atoms with Crippen molar-refractivity contribution in [3.63, 3.8) is 0 Å². The van der Waals surface area contributed by atoms with Gasteiger partial charge in [-0.05, 0) is 38.5 Å². The molecule has 10 heteroatoms. The summed E-state index contributed by atoms with van der Waals surface area (Å²) in [6.07, 6.45) is 21.6. The van der Waals surface area contributed by atoms with Gasteiger partial charge in [-0.3, -0.25) is 18.6 Å². The van der Waals surface area contributed by atoms with Crippen LogP contribution in [0, 0.1) is 0 Å². The second kappa shape index (κ2) is 22.8. The number of ether oxygens (including phenoxy) is 2. The third kappa shape index (κ3) is 26.0. The van der Waals surface area contributed by atoms with Crippen LogP contribution in [0.15, 0.2) is 48.6 Å². The minimum absolute atomic E-state index is 0.0165. The molecular formula is C29H51NO8P+. The van der Waals surface area contributed by atoms with Gasteiger partial charge in [-0.1, -0.05) is 68.9 Å². The third-order valence-electron chi connectivity index (χ3n) is 5.14. The molecule has 0 aliphatic carbocycles. The fourth-order valence-electron chi connectivity index (χ4n) is 2.88. The Bertz CT molecular complexity index is 830. The molecule has 2 atom stereocenters. The zero-order valence-corrected chi connectivity index (χ0v) is 25.5. The fourth-order valence-corrected chi connectivity index (χ4v) is 3.63. The van der Waals surface area contributed by atoms with Crippen LogP contribution in [0.2, 0.25) is 0 Å². The Labute approximate surface area is 235 Å². The van der Waals surface area contributed by atoms with Crippen LogP contribution in [0.5, 0.6) is 0 Å². The van der Waals surface area contributed by atoms with Crippen LogP contribution < -0.4 is 0 Å². The lowest BCUT2D eigenvalue weighted by atomic mass is 10.2. The molecule has 0 radical (unpaired) electrons. The quantitative estimate of drug-likeness (QED) is 0.0682. The van der Waals surface area contributed by atoms with Gasteiger partial charge in [0.15, 0.2) is 6.10 Å². The maximum Gasteiger partial charge on any atom is 0.472 e. The van der Waals surface area contributed by atoms with E-state index >= 15 is 0 Å². The second-order valence-electron chi connectivity index (χ2n) is 10.0. The highest BCUT2D eigenvalue weighted by Crippen LogP contribution is 2.43. The number of hydrogen-bond acceptors (Lipinski definition) is 7. The Morgan fingerprint density at radius 3 is 1.97 bits per heavy atom. The smallest absolute Gasteiger partial charge is 0.462 e. The fraction of sp³-hybridized carbons (Fsp3) is 0.655. The summed E-state index contributed by atoms with van der Waals surface area (Å²) >= 11 is 0. The van der Waals surface area contributed by atoms with Gasteiger partial charge in [0, 0.05) is 12.8 Å². The van der Waals surface area contributed by atoms with E-state index in [1.165, 1.54) is 0 Å². The van der Waals surface area contributed by atoms with Crippen LogP contribution in [0.4, 0.5) is 0 Å². The molecule has 0 aromatic heterocycles. The summed E-state index contributed by atoms with van der Waals surface area (Å²) in [7, 11) is 1.41. The normalized spacial score (nSPS) is 14.9. The molecule has 1 N–H and O–H groups in total. The van der Waals surface area contributed by atoms with Gasteiger partial charge in [-0.2, -0.15) is 0 Å². The van der Waals surface area contributed by atoms with Gasteiger partial charge in [0.1, 0.15) is 19.8 Å². The molecule has 224 valence electrons. The van der Waals surface area contributed by atoms with Gasteiger partial charge < -0.3 is 18.9 Å². The number of hydrogen-bond donors (Lipinski definition) is 1. The number of allylic oxidation sites excluding steroid dienone is 8. The summed E-state index contributed by atoms with van der Waals surface area (Å²) in [5.41, 5.74) is 0. The zero-order chi connectivity index (χ0) is 29.4. The third-order valence-corrected chi connectivity index (χ3v) is 6.12. The number of phosphoric ester groups is 1. The van der Waals surface area contributed by atoms with Crippen LogP contribution in [0.25, 0.3) is 0 Å². The van der Waals surface area contributed by atoms with Crippen molar-refractivity contribution in [3.05, 3.63) is 48.6 Å². The van der Waals surface area contributed by atoms with E-state index in [-0.39, 0.29) is 26.1 Å². The number of rotatable bonds is 23. The molecule has 0 aromatic rings. The lowest BCUT2D eigenvalue weighted by Gasteiger charge is -2.24. The minimum atomic E-state index is -4.36. The number of carbonyl (C=O) groups is 2. The lowest BCUT2D eigenvalue weighted by Crippen LogP contribution is -2.37. The number of carbonyl (C=O) groups excluding carboxylic acids is 2. The van der Waals surface area contributed by atoms with Gasteiger partial charge in [-0.15, -0.1) is 0 Å². The first-order valence-electron chi connectivity index (χ1n) is 13.9. The highest BCUT2D eigenvalue weighted by Gasteiger charge is 2.26. The van der Waals surface area contributed by atoms with Crippen LogP contribution in [0.3, 0.4) is 0 Å². The Morgan fingerprint density at radius 1 is 0.821 bits per heavy atom. The largest absolute Gasteiger partial charge is 0.472 e. The lowest BCUT2D eigenvalue weighted by molar-refractivity contribution is -0.870. The average Bonchev–Trinajstić information content (AvgIpc) is 2.86. The van der Waals surface area contributed by atoms with E-state index in [0.29, 0.717) is 23.9 Å². The topological polar surface area (TPSA) is 108 Å². The monoisotopic (exact) mass is 572 g/mol. The number of unbranched alkanes of at least 4 members (excludes halogenated alkanes) is 1. The van der Waals surface area contributed by atoms with Crippen molar-refractivity contribution < 1.29 is 42.1 Å². The molecule has 0 aromatic carbocycles. The van der Waals surface area contributed by atoms with E-state index < -0.39 is 32.5 Å². The zero-order valence-electron chi connectivity index (χ0n) is 24.6. The first kappa shape index (κ1) is 37.0. The van der Waals surface area contributed by atoms with Gasteiger partial charge in [-0.25, -0.2) is 4.57 Å². The number of quaternary nitrogens is 1. The summed E-state index contributed by atoms with van der Waals surface area (Å²) in [6, 6.07) is 0. The molecule has 0 aliphatic rings. The van der Waals surface area contributed by atoms with E-state index in [1.807, 2.05) is 40.2 Å². The summed E-state index contributed by atoms with van der Waals surface area (Å²) < 4.78 is 33.3. The molecule has 0 amide bonds. The van der Waals surface area contributed by atoms with Crippen LogP contribution in [0.1, 0.15) is 71.6 Å². The Kier molecular flexibility index (Phi) is 21.6. The van der Waals surface area contributed by atoms with Gasteiger partial charge in [0.05, 0.1) is 27.7 Å². The van der Waals surface area contributed by atoms with E-state index in [9.17, 15) is 19.0 Å². The van der Waals surface area contributed by atoms with Gasteiger partial charge in [0.25, 0.3) is 0 Å². The Morgan fingerprint density at radius 2 is 1.41 bits per heavy atom. The van der Waals surface area contributed by atoms with Crippen molar-refractivity contribution in [1.82, 2.24) is 0 Å². The van der Waals surface area contributed by atoms with E-state index in [4.69, 9.17) is 18.5 Å². The molecule has 0 heterocycles. The molecule has 0 fully saturated rings. The van der Waals surface area contributed by atoms with E-state index in [0.717, 1.165) is 32.1 Å². The number of nitrogens with zero attached hydrogens (tertiary/aromatic N) is 1. The summed E-state index contributed by atoms with van der Waals surface area (Å²) in [5.74, 6) is -0.946. The molecule has 9 nitrogen and oxygen atoms in total. The van der Waals surface area contributed by atoms with Crippen molar-refractivity contribution >= 4 is 19.8 Å². The van der Waals surface area contributed by atoms with Crippen molar-refractivity contribution in [2.24, 2.45) is 0 Å². The molecule has 39 heavy (non-hydrogen) atoms. The first-order chi connectivity index (χ1) is 18.5. The molecule has 0 rings (SSSR count). The van der Waals surface area contributed by atoms with Crippen LogP contribution >= 0.6 is 7.82 Å². The second-order valence-corrected chi connectivity index (χ2v) is 11.5. The van der Waals surface area contributed by atoms with Crippen LogP contribution in [-0.2, 0) is 32.7 Å². The van der Waals surface area contributed by atoms with Crippen molar-refractivity contribution in [3.8, 4) is 0 Å². The molecule has 0 bridgehead atoms. The maximum atomic E-state index is 12.3. The SMILES string of the molecule is CC/C=C\C/C=C\C/C=C\C/C=C\CCC(=O)OC(COC(=O)CCCC)COP(=O)(O)OCC[N+](C)(C)C. The predicted octanol–water partition coefficient (Wildman–Crippen LogP) is 6.06. The Balaban J connectivity index is 4.57. The molecule has 0 spiro atoms. The average molecular weight is 573 g/mol. The Hall–Kier alpha value is -2.03. The standard InChI is InChI=1S/C29H50NO8P/c1-6-8-10-11-12-13-14-15-16-17-18-19-20-22-29(32)38-27(25-35-28(31)21-9-7-2)26-37-39(33,34)36-24-23-30(3,4)5/h8,10,12-13,15-16,18-19,27H,6-7,9,11,14,17,20-26H2,1-5H3/p+1/b10-8-,13-12-,16-15-,19-18-. The summed E-state index contributed by atoms with van der Waals surface area (Å²) in [4.78, 5) is 34.2. The maximum absolute atomic E-state index is 12.3. The minimum Gasteiger partial charge on any atom is -0.462 e. The van der Waals surface area contributed by atoms with Gasteiger partial charge >= 0.3 is 19.8 Å². The molecule has 0 aliphatic heterocycles. The van der Waals surface area contributed by atoms with Gasteiger partial charge in [0.2, 0.25) is 0 Å². The van der Waals surface area contributed by atoms with Crippen molar-refractivity contribution in [2.75, 3.05) is 47.5 Å². The van der Waals surface area contributed by atoms with Crippen LogP contribution in [-0.4, -0.2) is 74.9 Å². The highest BCUT2D eigenvalue weighted by molar-refractivity contribution is 7.47. The van der Waals surface area contributed by atoms with E-state index in [1.54, 1.807) is 0 Å². The van der Waals surface area contributed by atoms with E-state index in [2.05, 4.69) is 43.4 Å². The van der Waals surface area contributed by atoms with Crippen molar-refractivity contribution in [2.45, 2.75) is 77.7 Å². The number of esters is 2. The molecular weight excluding hydrogens is 521 g/mol. The molecule has 2 unspecified atom stereocenters. The summed E-state index contributed by atoms with van der Waals surface area (Å²) in [5, 5.41) is 0. The summed E-state index contributed by atoms with van der Waals surface area (Å²) in [6.45, 7) is 3.89. The van der Waals surface area contributed by atoms with Crippen molar-refractivity contribution in [1.29, 1.82) is 0 Å².